The third-order valence-electron chi connectivity index (χ3n) is 2.98. The topological polar surface area (TPSA) is 76.7 Å². The molecule has 0 aliphatic heterocycles. The molecule has 0 bridgehead atoms. The van der Waals surface area contributed by atoms with E-state index in [-0.39, 0.29) is 0 Å². The molecule has 7 heteroatoms. The van der Waals surface area contributed by atoms with E-state index in [1.165, 1.54) is 14.2 Å². The van der Waals surface area contributed by atoms with E-state index in [2.05, 4.69) is 10.6 Å². The van der Waals surface area contributed by atoms with Gasteiger partial charge < -0.3 is 20.1 Å². The van der Waals surface area contributed by atoms with Crippen molar-refractivity contribution in [2.24, 2.45) is 0 Å². The van der Waals surface area contributed by atoms with Crippen molar-refractivity contribution in [3.05, 3.63) is 47.5 Å². The van der Waals surface area contributed by atoms with Crippen LogP contribution in [0.5, 0.6) is 11.5 Å². The maximum atomic E-state index is 12.0. The SMILES string of the molecule is COc1ccc(OC)c(NC(=O)C(=O)Nc2ccccc2Cl)c1. The van der Waals surface area contributed by atoms with Gasteiger partial charge in [0, 0.05) is 6.07 Å². The second-order valence-electron chi connectivity index (χ2n) is 4.45. The lowest BCUT2D eigenvalue weighted by Crippen LogP contribution is -2.29. The van der Waals surface area contributed by atoms with Crippen LogP contribution >= 0.6 is 11.6 Å². The first-order valence-electron chi connectivity index (χ1n) is 6.64. The molecule has 2 amide bonds. The minimum atomic E-state index is -0.850. The molecule has 0 spiro atoms. The molecule has 0 atom stereocenters. The quantitative estimate of drug-likeness (QED) is 0.843. The van der Waals surface area contributed by atoms with Crippen LogP contribution in [0, 0.1) is 0 Å². The summed E-state index contributed by atoms with van der Waals surface area (Å²) < 4.78 is 10.2. The van der Waals surface area contributed by atoms with E-state index in [9.17, 15) is 9.59 Å². The van der Waals surface area contributed by atoms with Gasteiger partial charge in [-0.3, -0.25) is 9.59 Å². The fourth-order valence-electron chi connectivity index (χ4n) is 1.83. The Kier molecular flexibility index (Phi) is 5.43. The van der Waals surface area contributed by atoms with Gasteiger partial charge in [-0.25, -0.2) is 0 Å². The molecular formula is C16H15ClN2O4. The van der Waals surface area contributed by atoms with Gasteiger partial charge in [-0.2, -0.15) is 0 Å². The van der Waals surface area contributed by atoms with Gasteiger partial charge in [0.05, 0.1) is 30.6 Å². The van der Waals surface area contributed by atoms with Crippen LogP contribution < -0.4 is 20.1 Å². The van der Waals surface area contributed by atoms with Crippen LogP contribution in [-0.4, -0.2) is 26.0 Å². The maximum Gasteiger partial charge on any atom is 0.314 e. The van der Waals surface area contributed by atoms with Gasteiger partial charge in [-0.1, -0.05) is 23.7 Å². The van der Waals surface area contributed by atoms with Crippen LogP contribution in [0.2, 0.25) is 5.02 Å². The Bertz CT molecular complexity index is 734. The van der Waals surface area contributed by atoms with Crippen molar-refractivity contribution < 1.29 is 19.1 Å². The lowest BCUT2D eigenvalue weighted by Gasteiger charge is -2.12. The first-order valence-corrected chi connectivity index (χ1v) is 7.02. The summed E-state index contributed by atoms with van der Waals surface area (Å²) in [5.41, 5.74) is 0.679. The average molecular weight is 335 g/mol. The Labute approximate surface area is 138 Å². The second-order valence-corrected chi connectivity index (χ2v) is 4.86. The molecule has 6 nitrogen and oxygen atoms in total. The van der Waals surface area contributed by atoms with Gasteiger partial charge >= 0.3 is 11.8 Å². The number of ether oxygens (including phenoxy) is 2. The Morgan fingerprint density at radius 3 is 2.17 bits per heavy atom. The van der Waals surface area contributed by atoms with E-state index in [1.807, 2.05) is 0 Å². The summed E-state index contributed by atoms with van der Waals surface area (Å²) >= 11 is 5.94. The molecule has 0 aliphatic carbocycles. The lowest BCUT2D eigenvalue weighted by atomic mass is 10.2. The summed E-state index contributed by atoms with van der Waals surface area (Å²) in [7, 11) is 2.96. The maximum absolute atomic E-state index is 12.0. The molecule has 120 valence electrons. The number of anilines is 2. The first kappa shape index (κ1) is 16.6. The van der Waals surface area contributed by atoms with Gasteiger partial charge in [0.1, 0.15) is 11.5 Å². The molecule has 23 heavy (non-hydrogen) atoms. The number of carbonyl (C=O) groups is 2. The summed E-state index contributed by atoms with van der Waals surface area (Å²) in [6, 6.07) is 11.5. The number of hydrogen-bond donors (Lipinski definition) is 2. The number of rotatable bonds is 4. The highest BCUT2D eigenvalue weighted by Crippen LogP contribution is 2.29. The van der Waals surface area contributed by atoms with E-state index in [1.54, 1.807) is 42.5 Å². The zero-order chi connectivity index (χ0) is 16.8. The van der Waals surface area contributed by atoms with Crippen molar-refractivity contribution in [2.75, 3.05) is 24.9 Å². The summed E-state index contributed by atoms with van der Waals surface area (Å²) in [4.78, 5) is 24.0. The number of benzene rings is 2. The van der Waals surface area contributed by atoms with Gasteiger partial charge in [0.2, 0.25) is 0 Å². The van der Waals surface area contributed by atoms with Crippen LogP contribution in [0.25, 0.3) is 0 Å². The van der Waals surface area contributed by atoms with Crippen molar-refractivity contribution in [2.45, 2.75) is 0 Å². The highest BCUT2D eigenvalue weighted by molar-refractivity contribution is 6.45. The smallest absolute Gasteiger partial charge is 0.314 e. The van der Waals surface area contributed by atoms with Crippen LogP contribution in [-0.2, 0) is 9.59 Å². The molecule has 2 rings (SSSR count). The Morgan fingerprint density at radius 2 is 1.57 bits per heavy atom. The van der Waals surface area contributed by atoms with Crippen molar-refractivity contribution in [3.8, 4) is 11.5 Å². The van der Waals surface area contributed by atoms with Crippen molar-refractivity contribution in [1.29, 1.82) is 0 Å². The Morgan fingerprint density at radius 1 is 0.913 bits per heavy atom. The Hall–Kier alpha value is -2.73. The van der Waals surface area contributed by atoms with Gasteiger partial charge in [0.25, 0.3) is 0 Å². The monoisotopic (exact) mass is 334 g/mol. The second kappa shape index (κ2) is 7.51. The molecule has 0 radical (unpaired) electrons. The van der Waals surface area contributed by atoms with Crippen molar-refractivity contribution in [3.63, 3.8) is 0 Å². The number of hydrogen-bond acceptors (Lipinski definition) is 4. The van der Waals surface area contributed by atoms with Crippen molar-refractivity contribution in [1.82, 2.24) is 0 Å². The molecule has 0 saturated carbocycles. The standard InChI is InChI=1S/C16H15ClN2O4/c1-22-10-7-8-14(23-2)13(9-10)19-16(21)15(20)18-12-6-4-3-5-11(12)17/h3-9H,1-2H3,(H,18,20)(H,19,21). The number of carbonyl (C=O) groups excluding carboxylic acids is 2. The van der Waals surface area contributed by atoms with Gasteiger partial charge in [-0.15, -0.1) is 0 Å². The summed E-state index contributed by atoms with van der Waals surface area (Å²) in [6.45, 7) is 0. The molecule has 0 aromatic heterocycles. The van der Waals surface area contributed by atoms with E-state index < -0.39 is 11.8 Å². The van der Waals surface area contributed by atoms with Crippen LogP contribution in [0.4, 0.5) is 11.4 Å². The van der Waals surface area contributed by atoms with Crippen LogP contribution in [0.3, 0.4) is 0 Å². The third kappa shape index (κ3) is 4.14. The zero-order valence-electron chi connectivity index (χ0n) is 12.6. The molecule has 0 saturated heterocycles. The first-order chi connectivity index (χ1) is 11.0. The molecule has 0 unspecified atom stereocenters. The van der Waals surface area contributed by atoms with Crippen molar-refractivity contribution >= 4 is 34.8 Å². The van der Waals surface area contributed by atoms with E-state index >= 15 is 0 Å². The number of para-hydroxylation sites is 1. The molecule has 0 fully saturated rings. The predicted octanol–water partition coefficient (Wildman–Crippen LogP) is 2.93. The number of nitrogens with one attached hydrogen (secondary N) is 2. The number of amides is 2. The minimum absolute atomic E-state index is 0.325. The normalized spacial score (nSPS) is 9.87. The van der Waals surface area contributed by atoms with Gasteiger partial charge in [-0.05, 0) is 24.3 Å². The van der Waals surface area contributed by atoms with Crippen LogP contribution in [0.15, 0.2) is 42.5 Å². The van der Waals surface area contributed by atoms with E-state index in [0.29, 0.717) is 27.9 Å². The lowest BCUT2D eigenvalue weighted by molar-refractivity contribution is -0.133. The zero-order valence-corrected chi connectivity index (χ0v) is 13.3. The molecule has 2 aromatic rings. The predicted molar refractivity (Wildman–Crippen MR) is 88.3 cm³/mol. The fourth-order valence-corrected chi connectivity index (χ4v) is 2.02. The fraction of sp³-hybridized carbons (Fsp3) is 0.125. The Balaban J connectivity index is 2.12. The molecule has 0 aliphatic rings. The largest absolute Gasteiger partial charge is 0.497 e. The summed E-state index contributed by atoms with van der Waals surface area (Å²) in [5, 5.41) is 5.26. The van der Waals surface area contributed by atoms with E-state index in [0.717, 1.165) is 0 Å². The summed E-state index contributed by atoms with van der Waals surface area (Å²) in [6.07, 6.45) is 0. The number of methoxy groups -OCH3 is 2. The third-order valence-corrected chi connectivity index (χ3v) is 3.31. The van der Waals surface area contributed by atoms with Gasteiger partial charge in [0.15, 0.2) is 0 Å². The minimum Gasteiger partial charge on any atom is -0.497 e. The highest BCUT2D eigenvalue weighted by atomic mass is 35.5. The molecular weight excluding hydrogens is 320 g/mol. The average Bonchev–Trinajstić information content (AvgIpc) is 2.56. The molecule has 2 aromatic carbocycles. The van der Waals surface area contributed by atoms with Crippen LogP contribution in [0.1, 0.15) is 0 Å². The highest BCUT2D eigenvalue weighted by Gasteiger charge is 2.17. The number of halogens is 1. The molecule has 0 heterocycles. The van der Waals surface area contributed by atoms with E-state index in [4.69, 9.17) is 21.1 Å². The molecule has 2 N–H and O–H groups in total. The summed E-state index contributed by atoms with van der Waals surface area (Å²) in [5.74, 6) is -0.767.